The van der Waals surface area contributed by atoms with Gasteiger partial charge in [-0.1, -0.05) is 0 Å². The van der Waals surface area contributed by atoms with Gasteiger partial charge in [0.1, 0.15) is 5.69 Å². The van der Waals surface area contributed by atoms with E-state index in [4.69, 9.17) is 4.42 Å². The molecule has 6 heteroatoms. The van der Waals surface area contributed by atoms with E-state index in [0.29, 0.717) is 22.5 Å². The van der Waals surface area contributed by atoms with Gasteiger partial charge in [0.25, 0.3) is 0 Å². The maximum atomic E-state index is 12.3. The van der Waals surface area contributed by atoms with Gasteiger partial charge >= 0.3 is 0 Å². The molecular formula is C12H14BrN3O2. The number of likely N-dealkylation sites (N-methyl/N-ethyl adjacent to an activating group) is 1. The molecule has 2 heterocycles. The number of hydrogen-bond donors (Lipinski definition) is 0. The molecule has 0 aromatic carbocycles. The molecule has 0 amide bonds. The summed E-state index contributed by atoms with van der Waals surface area (Å²) in [6.45, 7) is 1.47. The minimum absolute atomic E-state index is 0.164. The van der Waals surface area contributed by atoms with Crippen molar-refractivity contribution in [1.82, 2.24) is 14.7 Å². The van der Waals surface area contributed by atoms with Crippen LogP contribution < -0.4 is 0 Å². The molecule has 0 aliphatic rings. The van der Waals surface area contributed by atoms with Crippen molar-refractivity contribution in [2.45, 2.75) is 6.54 Å². The van der Waals surface area contributed by atoms with Crippen molar-refractivity contribution in [2.75, 3.05) is 20.6 Å². The first-order chi connectivity index (χ1) is 8.59. The molecule has 0 radical (unpaired) electrons. The second-order valence-corrected chi connectivity index (χ2v) is 5.03. The van der Waals surface area contributed by atoms with Crippen molar-refractivity contribution in [1.29, 1.82) is 0 Å². The van der Waals surface area contributed by atoms with E-state index >= 15 is 0 Å². The van der Waals surface area contributed by atoms with E-state index in [1.807, 2.05) is 19.0 Å². The second-order valence-electron chi connectivity index (χ2n) is 4.17. The van der Waals surface area contributed by atoms with Gasteiger partial charge in [-0.05, 0) is 42.2 Å². The van der Waals surface area contributed by atoms with Crippen LogP contribution in [0.25, 0.3) is 0 Å². The van der Waals surface area contributed by atoms with Gasteiger partial charge in [0, 0.05) is 6.54 Å². The molecule has 0 aliphatic heterocycles. The lowest BCUT2D eigenvalue weighted by Crippen LogP contribution is -2.21. The fourth-order valence-electron chi connectivity index (χ4n) is 1.58. The predicted octanol–water partition coefficient (Wildman–Crippen LogP) is 2.03. The van der Waals surface area contributed by atoms with Crippen molar-refractivity contribution in [3.05, 3.63) is 40.5 Å². The Morgan fingerprint density at radius 2 is 2.33 bits per heavy atom. The summed E-state index contributed by atoms with van der Waals surface area (Å²) >= 11 is 3.35. The number of hydrogen-bond acceptors (Lipinski definition) is 4. The molecule has 0 atom stereocenters. The normalized spacial score (nSPS) is 11.1. The number of halogens is 1. The zero-order valence-electron chi connectivity index (χ0n) is 10.3. The van der Waals surface area contributed by atoms with Gasteiger partial charge in [0.05, 0.1) is 23.5 Å². The molecule has 18 heavy (non-hydrogen) atoms. The first-order valence-corrected chi connectivity index (χ1v) is 6.33. The van der Waals surface area contributed by atoms with Crippen LogP contribution in [0.3, 0.4) is 0 Å². The Labute approximate surface area is 114 Å². The van der Waals surface area contributed by atoms with Crippen LogP contribution in [0.1, 0.15) is 16.2 Å². The summed E-state index contributed by atoms with van der Waals surface area (Å²) in [6, 6.07) is 3.35. The summed E-state index contributed by atoms with van der Waals surface area (Å²) in [5.74, 6) is 0.158. The Bertz CT molecular complexity index is 532. The molecule has 2 rings (SSSR count). The molecular weight excluding hydrogens is 298 g/mol. The van der Waals surface area contributed by atoms with Crippen LogP contribution in [-0.4, -0.2) is 41.1 Å². The minimum Gasteiger partial charge on any atom is -0.461 e. The van der Waals surface area contributed by atoms with Crippen molar-refractivity contribution in [3.8, 4) is 0 Å². The third-order valence-electron chi connectivity index (χ3n) is 2.51. The van der Waals surface area contributed by atoms with Gasteiger partial charge in [-0.25, -0.2) is 0 Å². The summed E-state index contributed by atoms with van der Waals surface area (Å²) in [5, 5.41) is 4.20. The molecule has 0 aliphatic carbocycles. The van der Waals surface area contributed by atoms with Gasteiger partial charge in [0.15, 0.2) is 5.76 Å². The van der Waals surface area contributed by atoms with Crippen LogP contribution in [0.2, 0.25) is 0 Å². The molecule has 0 spiro atoms. The Morgan fingerprint density at radius 1 is 1.56 bits per heavy atom. The van der Waals surface area contributed by atoms with Crippen molar-refractivity contribution >= 4 is 21.7 Å². The van der Waals surface area contributed by atoms with E-state index in [9.17, 15) is 4.79 Å². The summed E-state index contributed by atoms with van der Waals surface area (Å²) in [6.07, 6.45) is 3.12. The van der Waals surface area contributed by atoms with Crippen LogP contribution in [-0.2, 0) is 6.54 Å². The number of ketones is 1. The van der Waals surface area contributed by atoms with Gasteiger partial charge in [-0.2, -0.15) is 5.10 Å². The lowest BCUT2D eigenvalue weighted by atomic mass is 10.2. The highest BCUT2D eigenvalue weighted by molar-refractivity contribution is 9.10. The third kappa shape index (κ3) is 2.70. The molecule has 2 aromatic heterocycles. The predicted molar refractivity (Wildman–Crippen MR) is 70.6 cm³/mol. The zero-order valence-corrected chi connectivity index (χ0v) is 11.8. The van der Waals surface area contributed by atoms with Crippen molar-refractivity contribution in [2.24, 2.45) is 0 Å². The van der Waals surface area contributed by atoms with E-state index in [2.05, 4.69) is 21.0 Å². The number of aromatic nitrogens is 2. The zero-order chi connectivity index (χ0) is 13.1. The number of furan rings is 1. The molecule has 2 aromatic rings. The molecule has 0 saturated carbocycles. The van der Waals surface area contributed by atoms with E-state index in [0.717, 1.165) is 6.54 Å². The lowest BCUT2D eigenvalue weighted by molar-refractivity contribution is 0.0997. The Morgan fingerprint density at radius 3 is 2.94 bits per heavy atom. The lowest BCUT2D eigenvalue weighted by Gasteiger charge is -2.11. The van der Waals surface area contributed by atoms with Gasteiger partial charge in [-0.3, -0.25) is 9.48 Å². The molecule has 96 valence electrons. The van der Waals surface area contributed by atoms with Crippen LogP contribution >= 0.6 is 15.9 Å². The summed E-state index contributed by atoms with van der Waals surface area (Å²) < 4.78 is 7.51. The van der Waals surface area contributed by atoms with Crippen LogP contribution in [0.15, 0.2) is 33.5 Å². The maximum absolute atomic E-state index is 12.3. The van der Waals surface area contributed by atoms with Gasteiger partial charge < -0.3 is 9.32 Å². The van der Waals surface area contributed by atoms with Gasteiger partial charge in [-0.15, -0.1) is 0 Å². The SMILES string of the molecule is CN(C)CCn1ncc(Br)c1C(=O)c1ccco1. The van der Waals surface area contributed by atoms with Gasteiger partial charge in [0.2, 0.25) is 5.78 Å². The van der Waals surface area contributed by atoms with Crippen molar-refractivity contribution < 1.29 is 9.21 Å². The van der Waals surface area contributed by atoms with Crippen molar-refractivity contribution in [3.63, 3.8) is 0 Å². The Kier molecular flexibility index (Phi) is 3.98. The van der Waals surface area contributed by atoms with Crippen LogP contribution in [0.5, 0.6) is 0 Å². The van der Waals surface area contributed by atoms with Crippen LogP contribution in [0.4, 0.5) is 0 Å². The standard InChI is InChI=1S/C12H14BrN3O2/c1-15(2)5-6-16-11(9(13)8-14-16)12(17)10-4-3-7-18-10/h3-4,7-8H,5-6H2,1-2H3. The largest absolute Gasteiger partial charge is 0.461 e. The number of nitrogens with zero attached hydrogens (tertiary/aromatic N) is 3. The van der Waals surface area contributed by atoms with E-state index < -0.39 is 0 Å². The van der Waals surface area contributed by atoms with E-state index in [-0.39, 0.29) is 5.78 Å². The second kappa shape index (κ2) is 5.49. The monoisotopic (exact) mass is 311 g/mol. The number of carbonyl (C=O) groups excluding carboxylic acids is 1. The highest BCUT2D eigenvalue weighted by Crippen LogP contribution is 2.20. The quantitative estimate of drug-likeness (QED) is 0.793. The fourth-order valence-corrected chi connectivity index (χ4v) is 2.05. The van der Waals surface area contributed by atoms with Crippen LogP contribution in [0, 0.1) is 0 Å². The minimum atomic E-state index is -0.164. The Balaban J connectivity index is 2.26. The van der Waals surface area contributed by atoms with E-state index in [1.165, 1.54) is 6.26 Å². The molecule has 0 unspecified atom stereocenters. The molecule has 5 nitrogen and oxygen atoms in total. The smallest absolute Gasteiger partial charge is 0.247 e. The Hall–Kier alpha value is -1.40. The highest BCUT2D eigenvalue weighted by Gasteiger charge is 2.20. The summed E-state index contributed by atoms with van der Waals surface area (Å²) in [4.78, 5) is 14.3. The molecule has 0 N–H and O–H groups in total. The maximum Gasteiger partial charge on any atom is 0.247 e. The molecule has 0 bridgehead atoms. The van der Waals surface area contributed by atoms with E-state index in [1.54, 1.807) is 23.0 Å². The molecule has 0 fully saturated rings. The first-order valence-electron chi connectivity index (χ1n) is 5.54. The topological polar surface area (TPSA) is 51.3 Å². The molecule has 0 saturated heterocycles. The fraction of sp³-hybridized carbons (Fsp3) is 0.333. The average molecular weight is 312 g/mol. The number of carbonyl (C=O) groups is 1. The summed E-state index contributed by atoms with van der Waals surface area (Å²) in [5.41, 5.74) is 0.520. The highest BCUT2D eigenvalue weighted by atomic mass is 79.9. The number of rotatable bonds is 5. The average Bonchev–Trinajstić information content (AvgIpc) is 2.94. The summed E-state index contributed by atoms with van der Waals surface area (Å²) in [7, 11) is 3.96. The third-order valence-corrected chi connectivity index (χ3v) is 3.09. The first kappa shape index (κ1) is 13.0.